The molecule has 146 valence electrons. The van der Waals surface area contributed by atoms with E-state index in [-0.39, 0.29) is 5.38 Å². The molecule has 2 aromatic rings. The number of anilines is 1. The molecule has 3 rings (SSSR count). The maximum absolute atomic E-state index is 6.65. The second-order valence-electron chi connectivity index (χ2n) is 7.73. The smallest absolute Gasteiger partial charge is 0.0399 e. The average molecular weight is 385 g/mol. The average Bonchev–Trinajstić information content (AvgIpc) is 2.69. The van der Waals surface area contributed by atoms with Gasteiger partial charge in [-0.15, -0.1) is 11.6 Å². The molecular formula is C24H33ClN2. The highest BCUT2D eigenvalue weighted by molar-refractivity contribution is 6.20. The number of aryl methyl sites for hydroxylation is 3. The standard InChI is InChI=1S/C24H33ClN2/c1-4-20-17-22(10-12-24(20)27-15-13-26-14-16-27)23(19(3)25)11-9-21-8-6-5-7-18(21)2/h5-8,10,12,17,19,23,26H,4,9,11,13-16H2,1-3H3. The highest BCUT2D eigenvalue weighted by Gasteiger charge is 2.20. The topological polar surface area (TPSA) is 15.3 Å². The van der Waals surface area contributed by atoms with Crippen LogP contribution in [0.2, 0.25) is 0 Å². The molecule has 0 radical (unpaired) electrons. The normalized spacial score (nSPS) is 17.0. The largest absolute Gasteiger partial charge is 0.369 e. The van der Waals surface area contributed by atoms with Gasteiger partial charge in [0.2, 0.25) is 0 Å². The zero-order valence-corrected chi connectivity index (χ0v) is 17.7. The van der Waals surface area contributed by atoms with Gasteiger partial charge in [0.1, 0.15) is 0 Å². The lowest BCUT2D eigenvalue weighted by molar-refractivity contribution is 0.586. The predicted molar refractivity (Wildman–Crippen MR) is 118 cm³/mol. The van der Waals surface area contributed by atoms with Gasteiger partial charge in [0.25, 0.3) is 0 Å². The lowest BCUT2D eigenvalue weighted by Gasteiger charge is -2.32. The molecule has 3 heteroatoms. The van der Waals surface area contributed by atoms with Crippen molar-refractivity contribution in [1.82, 2.24) is 5.32 Å². The molecule has 1 aliphatic rings. The van der Waals surface area contributed by atoms with Crippen LogP contribution in [0.25, 0.3) is 0 Å². The summed E-state index contributed by atoms with van der Waals surface area (Å²) >= 11 is 6.65. The van der Waals surface area contributed by atoms with E-state index in [1.165, 1.54) is 27.9 Å². The lowest BCUT2D eigenvalue weighted by Crippen LogP contribution is -2.43. The van der Waals surface area contributed by atoms with Crippen LogP contribution in [0.5, 0.6) is 0 Å². The second-order valence-corrected chi connectivity index (χ2v) is 8.42. The summed E-state index contributed by atoms with van der Waals surface area (Å²) in [6, 6.07) is 15.8. The van der Waals surface area contributed by atoms with Crippen LogP contribution in [0.4, 0.5) is 5.69 Å². The Hall–Kier alpha value is -1.51. The molecule has 0 aromatic heterocycles. The first-order valence-corrected chi connectivity index (χ1v) is 10.8. The molecule has 0 spiro atoms. The van der Waals surface area contributed by atoms with E-state index in [1.54, 1.807) is 0 Å². The summed E-state index contributed by atoms with van der Waals surface area (Å²) in [6.45, 7) is 10.9. The summed E-state index contributed by atoms with van der Waals surface area (Å²) in [4.78, 5) is 2.52. The Kier molecular flexibility index (Phi) is 7.20. The number of benzene rings is 2. The van der Waals surface area contributed by atoms with Gasteiger partial charge in [-0.05, 0) is 61.4 Å². The molecule has 0 amide bonds. The number of alkyl halides is 1. The van der Waals surface area contributed by atoms with Gasteiger partial charge in [0.05, 0.1) is 0 Å². The van der Waals surface area contributed by atoms with Gasteiger partial charge in [-0.25, -0.2) is 0 Å². The van der Waals surface area contributed by atoms with Crippen molar-refractivity contribution in [3.8, 4) is 0 Å². The van der Waals surface area contributed by atoms with Gasteiger partial charge in [0.15, 0.2) is 0 Å². The molecule has 1 heterocycles. The summed E-state index contributed by atoms with van der Waals surface area (Å²) in [5.41, 5.74) is 7.06. The monoisotopic (exact) mass is 384 g/mol. The molecule has 0 aliphatic carbocycles. The van der Waals surface area contributed by atoms with Crippen LogP contribution >= 0.6 is 11.6 Å². The van der Waals surface area contributed by atoms with Crippen LogP contribution in [0, 0.1) is 6.92 Å². The van der Waals surface area contributed by atoms with Gasteiger partial charge in [-0.1, -0.05) is 43.3 Å². The zero-order valence-electron chi connectivity index (χ0n) is 17.0. The van der Waals surface area contributed by atoms with E-state index in [9.17, 15) is 0 Å². The van der Waals surface area contributed by atoms with E-state index in [2.05, 4.69) is 73.5 Å². The molecule has 2 unspecified atom stereocenters. The highest BCUT2D eigenvalue weighted by atomic mass is 35.5. The van der Waals surface area contributed by atoms with Gasteiger partial charge < -0.3 is 10.2 Å². The Morgan fingerprint density at radius 3 is 2.48 bits per heavy atom. The summed E-state index contributed by atoms with van der Waals surface area (Å²) in [7, 11) is 0. The van der Waals surface area contributed by atoms with Crippen molar-refractivity contribution >= 4 is 17.3 Å². The lowest BCUT2D eigenvalue weighted by atomic mass is 9.87. The van der Waals surface area contributed by atoms with Crippen LogP contribution in [-0.4, -0.2) is 31.6 Å². The Bertz CT molecular complexity index is 735. The maximum atomic E-state index is 6.65. The summed E-state index contributed by atoms with van der Waals surface area (Å²) < 4.78 is 0. The number of hydrogen-bond acceptors (Lipinski definition) is 2. The van der Waals surface area contributed by atoms with Crippen molar-refractivity contribution in [1.29, 1.82) is 0 Å². The molecule has 1 fully saturated rings. The first-order valence-electron chi connectivity index (χ1n) is 10.4. The Balaban J connectivity index is 1.79. The van der Waals surface area contributed by atoms with Crippen LogP contribution in [0.3, 0.4) is 0 Å². The fourth-order valence-corrected chi connectivity index (χ4v) is 4.47. The van der Waals surface area contributed by atoms with Crippen molar-refractivity contribution in [3.05, 3.63) is 64.7 Å². The quantitative estimate of drug-likeness (QED) is 0.650. The minimum Gasteiger partial charge on any atom is -0.369 e. The Morgan fingerprint density at radius 1 is 1.07 bits per heavy atom. The minimum absolute atomic E-state index is 0.128. The number of piperazine rings is 1. The number of hydrogen-bond donors (Lipinski definition) is 1. The third kappa shape index (κ3) is 5.06. The van der Waals surface area contributed by atoms with E-state index in [4.69, 9.17) is 11.6 Å². The molecule has 2 atom stereocenters. The van der Waals surface area contributed by atoms with Gasteiger partial charge in [-0.2, -0.15) is 0 Å². The van der Waals surface area contributed by atoms with E-state index in [0.717, 1.165) is 45.4 Å². The number of nitrogens with zero attached hydrogens (tertiary/aromatic N) is 1. The summed E-state index contributed by atoms with van der Waals surface area (Å²) in [5, 5.41) is 3.57. The molecule has 1 saturated heterocycles. The Morgan fingerprint density at radius 2 is 1.81 bits per heavy atom. The Labute approximate surface area is 169 Å². The third-order valence-corrected chi connectivity index (χ3v) is 6.21. The summed E-state index contributed by atoms with van der Waals surface area (Å²) in [6.07, 6.45) is 3.23. The number of nitrogens with one attached hydrogen (secondary N) is 1. The van der Waals surface area contributed by atoms with E-state index < -0.39 is 0 Å². The number of halogens is 1. The maximum Gasteiger partial charge on any atom is 0.0399 e. The van der Waals surface area contributed by atoms with Gasteiger partial charge in [-0.3, -0.25) is 0 Å². The molecule has 27 heavy (non-hydrogen) atoms. The van der Waals surface area contributed by atoms with Crippen molar-refractivity contribution < 1.29 is 0 Å². The van der Waals surface area contributed by atoms with Crippen LogP contribution in [0.15, 0.2) is 42.5 Å². The SMILES string of the molecule is CCc1cc(C(CCc2ccccc2C)C(C)Cl)ccc1N1CCNCC1. The fraction of sp³-hybridized carbons (Fsp3) is 0.500. The van der Waals surface area contributed by atoms with Crippen molar-refractivity contribution in [2.45, 2.75) is 51.3 Å². The van der Waals surface area contributed by atoms with Crippen molar-refractivity contribution in [2.24, 2.45) is 0 Å². The second kappa shape index (κ2) is 9.61. The molecular weight excluding hydrogens is 352 g/mol. The summed E-state index contributed by atoms with van der Waals surface area (Å²) in [5.74, 6) is 0.383. The van der Waals surface area contributed by atoms with Crippen LogP contribution in [-0.2, 0) is 12.8 Å². The molecule has 2 nitrogen and oxygen atoms in total. The predicted octanol–water partition coefficient (Wildman–Crippen LogP) is 5.31. The minimum atomic E-state index is 0.128. The molecule has 1 N–H and O–H groups in total. The highest BCUT2D eigenvalue weighted by Crippen LogP contribution is 2.33. The molecule has 2 aromatic carbocycles. The van der Waals surface area contributed by atoms with E-state index in [0.29, 0.717) is 5.92 Å². The number of rotatable bonds is 7. The van der Waals surface area contributed by atoms with E-state index in [1.807, 2.05) is 0 Å². The van der Waals surface area contributed by atoms with E-state index >= 15 is 0 Å². The van der Waals surface area contributed by atoms with Gasteiger partial charge in [0, 0.05) is 43.2 Å². The zero-order chi connectivity index (χ0) is 19.2. The van der Waals surface area contributed by atoms with Crippen molar-refractivity contribution in [3.63, 3.8) is 0 Å². The van der Waals surface area contributed by atoms with Gasteiger partial charge >= 0.3 is 0 Å². The molecule has 0 saturated carbocycles. The first kappa shape index (κ1) is 20.2. The fourth-order valence-electron chi connectivity index (χ4n) is 4.20. The third-order valence-electron chi connectivity index (χ3n) is 5.91. The first-order chi connectivity index (χ1) is 13.1. The molecule has 0 bridgehead atoms. The van der Waals surface area contributed by atoms with Crippen molar-refractivity contribution in [2.75, 3.05) is 31.1 Å². The van der Waals surface area contributed by atoms with Crippen LogP contribution < -0.4 is 10.2 Å². The molecule has 1 aliphatic heterocycles. The van der Waals surface area contributed by atoms with Crippen LogP contribution in [0.1, 0.15) is 48.4 Å².